The van der Waals surface area contributed by atoms with Gasteiger partial charge in [-0.05, 0) is 24.6 Å². The van der Waals surface area contributed by atoms with Crippen LogP contribution < -0.4 is 0 Å². The molecule has 0 fully saturated rings. The number of hydrogen-bond donors (Lipinski definition) is 1. The standard InChI is InChI=1S/C11H12N2O/c1-9(14)10-2-4-11(5-3-10)13-7-6-12-8-13/h2-9,14H,1H3/t9-/m0/s1. The van der Waals surface area contributed by atoms with E-state index < -0.39 is 6.10 Å². The Morgan fingerprint density at radius 3 is 2.50 bits per heavy atom. The first-order valence-corrected chi connectivity index (χ1v) is 4.54. The SMILES string of the molecule is C[C@H](O)c1ccc(-n2ccnc2)cc1. The molecule has 1 atom stereocenters. The van der Waals surface area contributed by atoms with E-state index in [-0.39, 0.29) is 0 Å². The first kappa shape index (κ1) is 8.97. The van der Waals surface area contributed by atoms with Crippen LogP contribution in [-0.4, -0.2) is 14.7 Å². The molecule has 3 nitrogen and oxygen atoms in total. The summed E-state index contributed by atoms with van der Waals surface area (Å²) in [5.41, 5.74) is 1.97. The van der Waals surface area contributed by atoms with Gasteiger partial charge < -0.3 is 9.67 Å². The number of nitrogens with zero attached hydrogens (tertiary/aromatic N) is 2. The van der Waals surface area contributed by atoms with Gasteiger partial charge in [-0.1, -0.05) is 12.1 Å². The fourth-order valence-electron chi connectivity index (χ4n) is 1.34. The Labute approximate surface area is 82.7 Å². The Balaban J connectivity index is 2.31. The molecule has 0 aliphatic heterocycles. The average molecular weight is 188 g/mol. The number of rotatable bonds is 2. The van der Waals surface area contributed by atoms with Crippen molar-refractivity contribution in [1.29, 1.82) is 0 Å². The van der Waals surface area contributed by atoms with Crippen LogP contribution in [0.1, 0.15) is 18.6 Å². The van der Waals surface area contributed by atoms with Crippen LogP contribution in [0.2, 0.25) is 0 Å². The number of aliphatic hydroxyl groups excluding tert-OH is 1. The quantitative estimate of drug-likeness (QED) is 0.782. The monoisotopic (exact) mass is 188 g/mol. The van der Waals surface area contributed by atoms with Crippen LogP contribution in [0.3, 0.4) is 0 Å². The molecule has 2 aromatic rings. The third-order valence-electron chi connectivity index (χ3n) is 2.18. The number of benzene rings is 1. The van der Waals surface area contributed by atoms with E-state index in [0.29, 0.717) is 0 Å². The lowest BCUT2D eigenvalue weighted by Gasteiger charge is -2.06. The predicted octanol–water partition coefficient (Wildman–Crippen LogP) is 1.93. The molecule has 1 aromatic carbocycles. The zero-order valence-corrected chi connectivity index (χ0v) is 7.96. The molecular formula is C11H12N2O. The summed E-state index contributed by atoms with van der Waals surface area (Å²) >= 11 is 0. The molecule has 0 spiro atoms. The molecular weight excluding hydrogens is 176 g/mol. The molecule has 0 saturated heterocycles. The van der Waals surface area contributed by atoms with Crippen molar-refractivity contribution in [3.63, 3.8) is 0 Å². The summed E-state index contributed by atoms with van der Waals surface area (Å²) in [6, 6.07) is 7.76. The van der Waals surface area contributed by atoms with Crippen molar-refractivity contribution < 1.29 is 5.11 Å². The van der Waals surface area contributed by atoms with E-state index in [1.54, 1.807) is 19.4 Å². The number of aliphatic hydroxyl groups is 1. The Hall–Kier alpha value is -1.61. The van der Waals surface area contributed by atoms with Gasteiger partial charge in [0, 0.05) is 18.1 Å². The summed E-state index contributed by atoms with van der Waals surface area (Å²) in [6.07, 6.45) is 4.96. The van der Waals surface area contributed by atoms with Gasteiger partial charge in [-0.25, -0.2) is 4.98 Å². The Kier molecular flexibility index (Phi) is 2.33. The zero-order chi connectivity index (χ0) is 9.97. The molecule has 0 aliphatic rings. The van der Waals surface area contributed by atoms with Gasteiger partial charge in [-0.3, -0.25) is 0 Å². The lowest BCUT2D eigenvalue weighted by Crippen LogP contribution is -1.93. The van der Waals surface area contributed by atoms with Crippen molar-refractivity contribution in [3.8, 4) is 5.69 Å². The van der Waals surface area contributed by atoms with Gasteiger partial charge in [0.15, 0.2) is 0 Å². The molecule has 0 saturated carbocycles. The van der Waals surface area contributed by atoms with E-state index in [9.17, 15) is 5.11 Å². The van der Waals surface area contributed by atoms with E-state index >= 15 is 0 Å². The first-order chi connectivity index (χ1) is 6.77. The minimum atomic E-state index is -0.410. The Bertz CT molecular complexity index is 390. The van der Waals surface area contributed by atoms with E-state index in [1.807, 2.05) is 35.0 Å². The predicted molar refractivity (Wildman–Crippen MR) is 54.2 cm³/mol. The molecule has 3 heteroatoms. The van der Waals surface area contributed by atoms with Crippen LogP contribution in [0.5, 0.6) is 0 Å². The van der Waals surface area contributed by atoms with Crippen LogP contribution in [-0.2, 0) is 0 Å². The topological polar surface area (TPSA) is 38.0 Å². The van der Waals surface area contributed by atoms with Crippen LogP contribution >= 0.6 is 0 Å². The number of hydrogen-bond acceptors (Lipinski definition) is 2. The molecule has 1 aromatic heterocycles. The van der Waals surface area contributed by atoms with Crippen molar-refractivity contribution in [2.24, 2.45) is 0 Å². The highest BCUT2D eigenvalue weighted by atomic mass is 16.3. The fourth-order valence-corrected chi connectivity index (χ4v) is 1.34. The van der Waals surface area contributed by atoms with Crippen LogP contribution in [0, 0.1) is 0 Å². The van der Waals surface area contributed by atoms with Gasteiger partial charge in [0.2, 0.25) is 0 Å². The van der Waals surface area contributed by atoms with E-state index in [2.05, 4.69) is 4.98 Å². The van der Waals surface area contributed by atoms with Crippen LogP contribution in [0.4, 0.5) is 0 Å². The zero-order valence-electron chi connectivity index (χ0n) is 7.96. The summed E-state index contributed by atoms with van der Waals surface area (Å²) in [7, 11) is 0. The highest BCUT2D eigenvalue weighted by Crippen LogP contribution is 2.14. The van der Waals surface area contributed by atoms with Gasteiger partial charge in [-0.2, -0.15) is 0 Å². The second-order valence-corrected chi connectivity index (χ2v) is 3.24. The van der Waals surface area contributed by atoms with Gasteiger partial charge in [0.1, 0.15) is 0 Å². The molecule has 0 unspecified atom stereocenters. The van der Waals surface area contributed by atoms with Gasteiger partial charge in [-0.15, -0.1) is 0 Å². The normalized spacial score (nSPS) is 12.7. The molecule has 14 heavy (non-hydrogen) atoms. The molecule has 0 aliphatic carbocycles. The third-order valence-corrected chi connectivity index (χ3v) is 2.18. The van der Waals surface area contributed by atoms with E-state index in [4.69, 9.17) is 0 Å². The van der Waals surface area contributed by atoms with Crippen molar-refractivity contribution in [2.75, 3.05) is 0 Å². The molecule has 72 valence electrons. The van der Waals surface area contributed by atoms with E-state index in [1.165, 1.54) is 0 Å². The highest BCUT2D eigenvalue weighted by Gasteiger charge is 2.00. The minimum absolute atomic E-state index is 0.410. The summed E-state index contributed by atoms with van der Waals surface area (Å²) in [5.74, 6) is 0. The lowest BCUT2D eigenvalue weighted by molar-refractivity contribution is 0.199. The summed E-state index contributed by atoms with van der Waals surface area (Å²) < 4.78 is 1.92. The van der Waals surface area contributed by atoms with Gasteiger partial charge in [0.25, 0.3) is 0 Å². The smallest absolute Gasteiger partial charge is 0.0991 e. The second-order valence-electron chi connectivity index (χ2n) is 3.24. The molecule has 0 amide bonds. The highest BCUT2D eigenvalue weighted by molar-refractivity contribution is 5.35. The maximum absolute atomic E-state index is 9.33. The van der Waals surface area contributed by atoms with Gasteiger partial charge in [0.05, 0.1) is 12.4 Å². The van der Waals surface area contributed by atoms with Crippen LogP contribution in [0.25, 0.3) is 5.69 Å². The van der Waals surface area contributed by atoms with Crippen LogP contribution in [0.15, 0.2) is 43.0 Å². The molecule has 0 radical (unpaired) electrons. The number of imidazole rings is 1. The van der Waals surface area contributed by atoms with Crippen molar-refractivity contribution in [2.45, 2.75) is 13.0 Å². The Morgan fingerprint density at radius 1 is 1.29 bits per heavy atom. The van der Waals surface area contributed by atoms with Crippen molar-refractivity contribution in [3.05, 3.63) is 48.5 Å². The van der Waals surface area contributed by atoms with E-state index in [0.717, 1.165) is 11.3 Å². The molecule has 2 rings (SSSR count). The summed E-state index contributed by atoms with van der Waals surface area (Å²) in [6.45, 7) is 1.76. The minimum Gasteiger partial charge on any atom is -0.389 e. The maximum Gasteiger partial charge on any atom is 0.0991 e. The van der Waals surface area contributed by atoms with Crippen molar-refractivity contribution >= 4 is 0 Å². The average Bonchev–Trinajstić information content (AvgIpc) is 2.71. The summed E-state index contributed by atoms with van der Waals surface area (Å²) in [5, 5.41) is 9.33. The van der Waals surface area contributed by atoms with Crippen molar-refractivity contribution in [1.82, 2.24) is 9.55 Å². The molecule has 1 heterocycles. The second kappa shape index (κ2) is 3.64. The fraction of sp³-hybridized carbons (Fsp3) is 0.182. The maximum atomic E-state index is 9.33. The first-order valence-electron chi connectivity index (χ1n) is 4.54. The number of aromatic nitrogens is 2. The third kappa shape index (κ3) is 1.67. The lowest BCUT2D eigenvalue weighted by atomic mass is 10.1. The molecule has 1 N–H and O–H groups in total. The Morgan fingerprint density at radius 2 is 2.00 bits per heavy atom. The molecule has 0 bridgehead atoms. The summed E-state index contributed by atoms with van der Waals surface area (Å²) in [4.78, 5) is 3.97. The van der Waals surface area contributed by atoms with Gasteiger partial charge >= 0.3 is 0 Å². The largest absolute Gasteiger partial charge is 0.389 e.